The minimum atomic E-state index is -0.906. The zero-order valence-corrected chi connectivity index (χ0v) is 33.6. The van der Waals surface area contributed by atoms with Gasteiger partial charge >= 0.3 is 11.9 Å². The molecule has 4 heterocycles. The molecule has 4 aromatic heterocycles. The van der Waals surface area contributed by atoms with E-state index in [0.717, 1.165) is 66.0 Å². The molecule has 0 saturated heterocycles. The lowest BCUT2D eigenvalue weighted by atomic mass is 9.99. The summed E-state index contributed by atoms with van der Waals surface area (Å²) in [5, 5.41) is 22.0. The molecule has 2 N–H and O–H groups in total. The lowest BCUT2D eigenvalue weighted by Crippen LogP contribution is -1.99. The predicted molar refractivity (Wildman–Crippen MR) is 243 cm³/mol. The Morgan fingerprint density at radius 3 is 0.984 bits per heavy atom. The van der Waals surface area contributed by atoms with Crippen LogP contribution in [0.2, 0.25) is 0 Å². The number of aromatic nitrogens is 4. The van der Waals surface area contributed by atoms with E-state index in [0.29, 0.717) is 56.9 Å². The summed E-state index contributed by atoms with van der Waals surface area (Å²) < 4.78 is 24.0. The van der Waals surface area contributed by atoms with Gasteiger partial charge in [-0.25, -0.2) is 19.9 Å². The molecule has 0 atom stereocenters. The van der Waals surface area contributed by atoms with Crippen molar-refractivity contribution in [1.82, 2.24) is 19.9 Å². The summed E-state index contributed by atoms with van der Waals surface area (Å²) in [6.07, 6.45) is -0.171. The largest absolute Gasteiger partial charge is 0.481 e. The van der Waals surface area contributed by atoms with E-state index < -0.39 is 11.9 Å². The fourth-order valence-corrected chi connectivity index (χ4v) is 8.06. The average molecular weight is 841 g/mol. The quantitative estimate of drug-likeness (QED) is 0.148. The number of nitrogens with zero attached hydrogens (tertiary/aromatic N) is 4. The highest BCUT2D eigenvalue weighted by Gasteiger charge is 2.19. The Labute approximate surface area is 361 Å². The van der Waals surface area contributed by atoms with Crippen LogP contribution in [-0.4, -0.2) is 42.1 Å². The van der Waals surface area contributed by atoms with E-state index in [1.807, 2.05) is 109 Å². The van der Waals surface area contributed by atoms with Gasteiger partial charge in [-0.2, -0.15) is 0 Å². The number of hydrogen-bond acceptors (Lipinski definition) is 10. The van der Waals surface area contributed by atoms with Gasteiger partial charge in [-0.1, -0.05) is 84.9 Å². The normalized spacial score (nSPS) is 11.5. The van der Waals surface area contributed by atoms with E-state index in [2.05, 4.69) is 32.1 Å². The molecule has 0 spiro atoms. The van der Waals surface area contributed by atoms with Crippen LogP contribution in [0, 0.1) is 0 Å². The molecule has 12 nitrogen and oxygen atoms in total. The van der Waals surface area contributed by atoms with Crippen molar-refractivity contribution < 1.29 is 37.5 Å². The second-order valence-corrected chi connectivity index (χ2v) is 15.2. The van der Waals surface area contributed by atoms with E-state index in [-0.39, 0.29) is 12.8 Å². The van der Waals surface area contributed by atoms with Crippen molar-refractivity contribution in [2.45, 2.75) is 12.8 Å². The maximum atomic E-state index is 11.1. The zero-order chi connectivity index (χ0) is 43.3. The van der Waals surface area contributed by atoms with E-state index in [9.17, 15) is 9.59 Å². The monoisotopic (exact) mass is 840 g/mol. The molecular formula is C52H32N4O8. The van der Waals surface area contributed by atoms with Gasteiger partial charge in [0.2, 0.25) is 23.6 Å². The number of carbonyl (C=O) groups is 2. The minimum Gasteiger partial charge on any atom is -0.481 e. The molecule has 12 rings (SSSR count). The van der Waals surface area contributed by atoms with Crippen molar-refractivity contribution in [2.75, 3.05) is 0 Å². The number of carboxylic acids is 2. The van der Waals surface area contributed by atoms with Crippen LogP contribution in [0.4, 0.5) is 0 Å². The molecule has 0 unspecified atom stereocenters. The van der Waals surface area contributed by atoms with Crippen molar-refractivity contribution in [2.24, 2.45) is 0 Å². The molecular weight excluding hydrogens is 809 g/mol. The summed E-state index contributed by atoms with van der Waals surface area (Å²) in [5.41, 5.74) is 10.4. The third-order valence-electron chi connectivity index (χ3n) is 11.0. The van der Waals surface area contributed by atoms with Crippen LogP contribution >= 0.6 is 0 Å². The topological polar surface area (TPSA) is 179 Å². The summed E-state index contributed by atoms with van der Waals surface area (Å²) in [5.74, 6) is 0.268. The van der Waals surface area contributed by atoms with Crippen molar-refractivity contribution in [3.05, 3.63) is 169 Å². The highest BCUT2D eigenvalue weighted by atomic mass is 16.4. The lowest BCUT2D eigenvalue weighted by Gasteiger charge is -2.07. The number of hydrogen-bond donors (Lipinski definition) is 2. The van der Waals surface area contributed by atoms with Crippen LogP contribution in [0.15, 0.2) is 175 Å². The maximum Gasteiger partial charge on any atom is 0.307 e. The molecule has 0 radical (unpaired) electrons. The second-order valence-electron chi connectivity index (χ2n) is 15.2. The molecule has 0 amide bonds. The summed E-state index contributed by atoms with van der Waals surface area (Å²) in [6.45, 7) is 0. The molecule has 308 valence electrons. The number of aliphatic carboxylic acids is 2. The van der Waals surface area contributed by atoms with Crippen LogP contribution in [0.25, 0.3) is 112 Å². The van der Waals surface area contributed by atoms with Gasteiger partial charge in [-0.05, 0) is 105 Å². The molecule has 8 aromatic carbocycles. The highest BCUT2D eigenvalue weighted by molar-refractivity contribution is 6.05. The molecule has 12 heteroatoms. The van der Waals surface area contributed by atoms with Crippen molar-refractivity contribution in [3.8, 4) is 45.8 Å². The number of carboxylic acid groups (broad SMARTS) is 2. The van der Waals surface area contributed by atoms with E-state index >= 15 is 0 Å². The van der Waals surface area contributed by atoms with Crippen LogP contribution in [-0.2, 0) is 22.4 Å². The van der Waals surface area contributed by atoms with Crippen molar-refractivity contribution in [3.63, 3.8) is 0 Å². The molecule has 0 aliphatic heterocycles. The third kappa shape index (κ3) is 7.04. The Kier molecular flexibility index (Phi) is 9.24. The number of oxazole rings is 4. The average Bonchev–Trinajstić information content (AvgIpc) is 4.12. The number of fused-ring (bicyclic) bond motifs is 6. The molecule has 12 aromatic rings. The van der Waals surface area contributed by atoms with Gasteiger partial charge in [-0.3, -0.25) is 9.59 Å². The van der Waals surface area contributed by atoms with E-state index in [4.69, 9.17) is 27.9 Å². The summed E-state index contributed by atoms with van der Waals surface area (Å²) in [7, 11) is 0. The second kappa shape index (κ2) is 15.5. The summed E-state index contributed by atoms with van der Waals surface area (Å²) >= 11 is 0. The van der Waals surface area contributed by atoms with E-state index in [1.54, 1.807) is 36.4 Å². The molecule has 0 bridgehead atoms. The van der Waals surface area contributed by atoms with Gasteiger partial charge in [0.25, 0.3) is 0 Å². The highest BCUT2D eigenvalue weighted by Crippen LogP contribution is 2.39. The Morgan fingerprint density at radius 1 is 0.359 bits per heavy atom. The smallest absolute Gasteiger partial charge is 0.307 e. The van der Waals surface area contributed by atoms with Gasteiger partial charge in [0, 0.05) is 22.3 Å². The van der Waals surface area contributed by atoms with Crippen molar-refractivity contribution >= 4 is 77.9 Å². The van der Waals surface area contributed by atoms with Crippen LogP contribution in [0.5, 0.6) is 0 Å². The van der Waals surface area contributed by atoms with Crippen LogP contribution in [0.1, 0.15) is 11.1 Å². The van der Waals surface area contributed by atoms with Crippen LogP contribution in [0.3, 0.4) is 0 Å². The van der Waals surface area contributed by atoms with Gasteiger partial charge in [0.05, 0.1) is 12.8 Å². The Morgan fingerprint density at radius 2 is 0.656 bits per heavy atom. The first-order chi connectivity index (χ1) is 31.3. The Bertz CT molecular complexity index is 3470. The van der Waals surface area contributed by atoms with E-state index in [1.165, 1.54) is 0 Å². The first-order valence-electron chi connectivity index (χ1n) is 20.3. The Balaban J connectivity index is 0.000000147. The zero-order valence-electron chi connectivity index (χ0n) is 33.6. The first kappa shape index (κ1) is 38.1. The molecule has 0 fully saturated rings. The molecule has 64 heavy (non-hydrogen) atoms. The fourth-order valence-electron chi connectivity index (χ4n) is 8.06. The molecule has 0 saturated carbocycles. The summed E-state index contributed by atoms with van der Waals surface area (Å²) in [4.78, 5) is 40.7. The maximum absolute atomic E-state index is 11.1. The molecule has 0 aliphatic carbocycles. The minimum absolute atomic E-state index is 0.0853. The predicted octanol–water partition coefficient (Wildman–Crippen LogP) is 12.2. The van der Waals surface area contributed by atoms with Crippen molar-refractivity contribution in [1.29, 1.82) is 0 Å². The fraction of sp³-hybridized carbons (Fsp3) is 0.0385. The van der Waals surface area contributed by atoms with Gasteiger partial charge in [0.15, 0.2) is 22.3 Å². The van der Waals surface area contributed by atoms with Gasteiger partial charge in [-0.15, -0.1) is 0 Å². The van der Waals surface area contributed by atoms with Gasteiger partial charge < -0.3 is 27.9 Å². The number of benzene rings is 8. The lowest BCUT2D eigenvalue weighted by molar-refractivity contribution is -0.137. The van der Waals surface area contributed by atoms with Crippen LogP contribution < -0.4 is 0 Å². The SMILES string of the molecule is O=C(O)Cc1ccc2oc(-c3ccc(-c4nc5cc(CC(=O)O)ccc5o4)c4ccccc34)nc2c1.c1ccc2oc(-c3ccc(-c4nc5ccccc5o4)c4ccccc34)nc2c1. The Hall–Kier alpha value is -8.90. The first-order valence-corrected chi connectivity index (χ1v) is 20.3. The van der Waals surface area contributed by atoms with Gasteiger partial charge in [0.1, 0.15) is 22.1 Å². The molecule has 0 aliphatic rings. The number of rotatable bonds is 8. The summed E-state index contributed by atoms with van der Waals surface area (Å²) in [6, 6.07) is 49.8. The third-order valence-corrected chi connectivity index (χ3v) is 11.0. The number of para-hydroxylation sites is 4. The standard InChI is InChI=1S/C28H18N2O6.C24H14N2O2/c31-25(32)13-15-5-9-23-21(11-15)29-27(35-23)19-7-8-20(18-4-2-1-3-17(18)19)28-30-22-12-16(14-26(33)34)6-10-24(22)36-28;1-2-8-16-15(7-1)17(23-25-19-9-3-5-11-21(19)27-23)13-14-18(16)24-26-20-10-4-6-12-22(20)28-24/h1-12H,13-14H2,(H,31,32)(H,33,34);1-14H.